The first-order valence-corrected chi connectivity index (χ1v) is 6.79. The van der Waals surface area contributed by atoms with E-state index >= 15 is 0 Å². The minimum absolute atomic E-state index is 0.731. The Balaban J connectivity index is 1.79. The number of hydrogen-bond acceptors (Lipinski definition) is 3. The van der Waals surface area contributed by atoms with Crippen LogP contribution in [0.4, 0.5) is 5.69 Å². The molecular formula is C15H16ClN3. The van der Waals surface area contributed by atoms with Gasteiger partial charge in [-0.25, -0.2) is 0 Å². The summed E-state index contributed by atoms with van der Waals surface area (Å²) in [6, 6.07) is 8.15. The van der Waals surface area contributed by atoms with Gasteiger partial charge in [0.2, 0.25) is 0 Å². The lowest BCUT2D eigenvalue weighted by molar-refractivity contribution is 0.246. The standard InChI is InChI=1S/C15H16ClN3/c16-14-8-18-6-4-12(14)9-19-7-5-11-2-1-3-15(17)13(11)10-19/h1-4,6,8H,5,7,9-10,17H2. The summed E-state index contributed by atoms with van der Waals surface area (Å²) in [6.45, 7) is 2.77. The molecule has 98 valence electrons. The Kier molecular flexibility index (Phi) is 3.40. The Morgan fingerprint density at radius 2 is 2.21 bits per heavy atom. The molecule has 0 spiro atoms. The van der Waals surface area contributed by atoms with Gasteiger partial charge in [-0.1, -0.05) is 23.7 Å². The molecule has 0 amide bonds. The van der Waals surface area contributed by atoms with E-state index in [1.165, 1.54) is 11.1 Å². The summed E-state index contributed by atoms with van der Waals surface area (Å²) in [4.78, 5) is 6.39. The van der Waals surface area contributed by atoms with Gasteiger partial charge in [-0.2, -0.15) is 0 Å². The molecule has 19 heavy (non-hydrogen) atoms. The molecule has 1 aliphatic rings. The van der Waals surface area contributed by atoms with Crippen LogP contribution in [0.1, 0.15) is 16.7 Å². The van der Waals surface area contributed by atoms with E-state index in [2.05, 4.69) is 16.0 Å². The van der Waals surface area contributed by atoms with Gasteiger partial charge in [-0.15, -0.1) is 0 Å². The Labute approximate surface area is 118 Å². The van der Waals surface area contributed by atoms with E-state index in [9.17, 15) is 0 Å². The third-order valence-corrected chi connectivity index (χ3v) is 3.98. The number of benzene rings is 1. The summed E-state index contributed by atoms with van der Waals surface area (Å²) < 4.78 is 0. The molecule has 0 atom stereocenters. The van der Waals surface area contributed by atoms with Crippen LogP contribution in [-0.2, 0) is 19.5 Å². The number of hydrogen-bond donors (Lipinski definition) is 1. The highest BCUT2D eigenvalue weighted by Crippen LogP contribution is 2.26. The van der Waals surface area contributed by atoms with Gasteiger partial charge in [-0.05, 0) is 35.2 Å². The minimum atomic E-state index is 0.731. The highest BCUT2D eigenvalue weighted by atomic mass is 35.5. The van der Waals surface area contributed by atoms with Crippen molar-refractivity contribution in [2.45, 2.75) is 19.5 Å². The number of halogens is 1. The maximum atomic E-state index is 6.16. The number of aromatic nitrogens is 1. The van der Waals surface area contributed by atoms with Gasteiger partial charge in [0.25, 0.3) is 0 Å². The quantitative estimate of drug-likeness (QED) is 0.856. The fourth-order valence-corrected chi connectivity index (χ4v) is 2.75. The number of nitrogens with two attached hydrogens (primary N) is 1. The van der Waals surface area contributed by atoms with Gasteiger partial charge < -0.3 is 5.73 Å². The fourth-order valence-electron chi connectivity index (χ4n) is 2.57. The molecule has 0 fully saturated rings. The number of anilines is 1. The summed E-state index contributed by atoms with van der Waals surface area (Å²) >= 11 is 6.16. The van der Waals surface area contributed by atoms with Crippen LogP contribution in [0, 0.1) is 0 Å². The second kappa shape index (κ2) is 5.19. The number of rotatable bonds is 2. The summed E-state index contributed by atoms with van der Waals surface area (Å²) in [5, 5.41) is 0.731. The van der Waals surface area contributed by atoms with E-state index in [0.29, 0.717) is 0 Å². The van der Waals surface area contributed by atoms with Crippen LogP contribution in [0.3, 0.4) is 0 Å². The number of pyridine rings is 1. The van der Waals surface area contributed by atoms with Crippen molar-refractivity contribution in [3.05, 3.63) is 58.4 Å². The largest absolute Gasteiger partial charge is 0.398 e. The SMILES string of the molecule is Nc1cccc2c1CN(Cc1ccncc1Cl)CC2. The van der Waals surface area contributed by atoms with Gasteiger partial charge in [-0.3, -0.25) is 9.88 Å². The predicted molar refractivity (Wildman–Crippen MR) is 77.9 cm³/mol. The first-order valence-electron chi connectivity index (χ1n) is 6.41. The first-order chi connectivity index (χ1) is 9.24. The molecule has 2 N–H and O–H groups in total. The first kappa shape index (κ1) is 12.5. The van der Waals surface area contributed by atoms with E-state index in [-0.39, 0.29) is 0 Å². The smallest absolute Gasteiger partial charge is 0.0634 e. The Bertz CT molecular complexity index is 598. The van der Waals surface area contributed by atoms with E-state index in [0.717, 1.165) is 42.3 Å². The normalized spacial score (nSPS) is 15.2. The fraction of sp³-hybridized carbons (Fsp3) is 0.267. The molecule has 0 unspecified atom stereocenters. The Morgan fingerprint density at radius 3 is 3.05 bits per heavy atom. The molecule has 1 aliphatic heterocycles. The third-order valence-electron chi connectivity index (χ3n) is 3.64. The van der Waals surface area contributed by atoms with E-state index < -0.39 is 0 Å². The minimum Gasteiger partial charge on any atom is -0.398 e. The molecule has 1 aromatic heterocycles. The maximum Gasteiger partial charge on any atom is 0.0634 e. The summed E-state index contributed by atoms with van der Waals surface area (Å²) in [5.74, 6) is 0. The predicted octanol–water partition coefficient (Wildman–Crippen LogP) is 2.88. The van der Waals surface area contributed by atoms with Crippen LogP contribution in [0.15, 0.2) is 36.7 Å². The molecule has 3 rings (SSSR count). The molecule has 3 nitrogen and oxygen atoms in total. The lowest BCUT2D eigenvalue weighted by Gasteiger charge is -2.29. The van der Waals surface area contributed by atoms with Crippen molar-refractivity contribution in [3.63, 3.8) is 0 Å². The molecular weight excluding hydrogens is 258 g/mol. The monoisotopic (exact) mass is 273 g/mol. The topological polar surface area (TPSA) is 42.1 Å². The Hall–Kier alpha value is -1.58. The second-order valence-corrected chi connectivity index (χ2v) is 5.32. The van der Waals surface area contributed by atoms with Crippen molar-refractivity contribution in [2.24, 2.45) is 0 Å². The van der Waals surface area contributed by atoms with Gasteiger partial charge in [0, 0.05) is 37.7 Å². The lowest BCUT2D eigenvalue weighted by atomic mass is 9.98. The van der Waals surface area contributed by atoms with Crippen molar-refractivity contribution in [1.29, 1.82) is 0 Å². The second-order valence-electron chi connectivity index (χ2n) is 4.91. The van der Waals surface area contributed by atoms with Crippen molar-refractivity contribution in [2.75, 3.05) is 12.3 Å². The average molecular weight is 274 g/mol. The zero-order valence-electron chi connectivity index (χ0n) is 10.6. The maximum absolute atomic E-state index is 6.16. The summed E-state index contributed by atoms with van der Waals surface area (Å²) in [6.07, 6.45) is 4.53. The molecule has 0 radical (unpaired) electrons. The lowest BCUT2D eigenvalue weighted by Crippen LogP contribution is -2.30. The van der Waals surface area contributed by atoms with Gasteiger partial charge in [0.15, 0.2) is 0 Å². The van der Waals surface area contributed by atoms with Crippen LogP contribution in [0.25, 0.3) is 0 Å². The van der Waals surface area contributed by atoms with Gasteiger partial charge in [0.1, 0.15) is 0 Å². The molecule has 2 aromatic rings. The Morgan fingerprint density at radius 1 is 1.32 bits per heavy atom. The molecule has 1 aromatic carbocycles. The van der Waals surface area contributed by atoms with Crippen molar-refractivity contribution in [1.82, 2.24) is 9.88 Å². The molecule has 0 aliphatic carbocycles. The number of nitrogens with zero attached hydrogens (tertiary/aromatic N) is 2. The highest BCUT2D eigenvalue weighted by molar-refractivity contribution is 6.31. The van der Waals surface area contributed by atoms with E-state index in [1.807, 2.05) is 18.2 Å². The molecule has 0 saturated heterocycles. The molecule has 0 bridgehead atoms. The summed E-state index contributed by atoms with van der Waals surface area (Å²) in [7, 11) is 0. The van der Waals surface area contributed by atoms with Crippen LogP contribution in [0.2, 0.25) is 5.02 Å². The van der Waals surface area contributed by atoms with E-state index in [4.69, 9.17) is 17.3 Å². The van der Waals surface area contributed by atoms with Crippen molar-refractivity contribution < 1.29 is 0 Å². The highest BCUT2D eigenvalue weighted by Gasteiger charge is 2.18. The van der Waals surface area contributed by atoms with E-state index in [1.54, 1.807) is 12.4 Å². The van der Waals surface area contributed by atoms with Crippen LogP contribution in [0.5, 0.6) is 0 Å². The molecule has 0 saturated carbocycles. The number of nitrogen functional groups attached to an aromatic ring is 1. The molecule has 2 heterocycles. The molecule has 4 heteroatoms. The summed E-state index contributed by atoms with van der Waals surface area (Å²) in [5.41, 5.74) is 10.7. The van der Waals surface area contributed by atoms with Gasteiger partial charge >= 0.3 is 0 Å². The van der Waals surface area contributed by atoms with Crippen LogP contribution in [-0.4, -0.2) is 16.4 Å². The zero-order valence-corrected chi connectivity index (χ0v) is 11.4. The third kappa shape index (κ3) is 2.57. The zero-order chi connectivity index (χ0) is 13.2. The number of fused-ring (bicyclic) bond motifs is 1. The van der Waals surface area contributed by atoms with Gasteiger partial charge in [0.05, 0.1) is 5.02 Å². The van der Waals surface area contributed by atoms with Crippen LogP contribution >= 0.6 is 11.6 Å². The average Bonchev–Trinajstić information content (AvgIpc) is 2.42. The van der Waals surface area contributed by atoms with Crippen LogP contribution < -0.4 is 5.73 Å². The van der Waals surface area contributed by atoms with Crippen molar-refractivity contribution >= 4 is 17.3 Å². The van der Waals surface area contributed by atoms with Crippen molar-refractivity contribution in [3.8, 4) is 0 Å².